The second-order valence-corrected chi connectivity index (χ2v) is 18.0. The van der Waals surface area contributed by atoms with Gasteiger partial charge in [-0.1, -0.05) is 179 Å². The van der Waals surface area contributed by atoms with Gasteiger partial charge >= 0.3 is 25.7 Å². The molecule has 352 valence electrons. The number of nitrogens with two attached hydrogens (primary N) is 1. The van der Waals surface area contributed by atoms with Gasteiger partial charge in [-0.05, 0) is 64.2 Å². The van der Waals surface area contributed by atoms with E-state index in [4.69, 9.17) is 24.8 Å². The van der Waals surface area contributed by atoms with Crippen LogP contribution in [0.5, 0.6) is 0 Å². The quantitative estimate of drug-likeness (QED) is 0.0230. The van der Waals surface area contributed by atoms with Crippen molar-refractivity contribution < 1.29 is 47.5 Å². The molecule has 0 aliphatic heterocycles. The van der Waals surface area contributed by atoms with Gasteiger partial charge < -0.3 is 25.2 Å². The average molecular weight is 872 g/mol. The molecule has 4 N–H and O–H groups in total. The molecule has 0 spiro atoms. The molecule has 0 aromatic carbocycles. The first kappa shape index (κ1) is 58.0. The lowest BCUT2D eigenvalue weighted by molar-refractivity contribution is -0.161. The molecule has 1 unspecified atom stereocenters. The van der Waals surface area contributed by atoms with E-state index in [0.717, 1.165) is 38.5 Å². The smallest absolute Gasteiger partial charge is 0.472 e. The molecule has 0 amide bonds. The van der Waals surface area contributed by atoms with Crippen LogP contribution in [0.2, 0.25) is 0 Å². The monoisotopic (exact) mass is 872 g/mol. The van der Waals surface area contributed by atoms with E-state index in [1.165, 1.54) is 154 Å². The van der Waals surface area contributed by atoms with Gasteiger partial charge in [-0.25, -0.2) is 4.57 Å². The van der Waals surface area contributed by atoms with Crippen LogP contribution in [-0.2, 0) is 37.5 Å². The summed E-state index contributed by atoms with van der Waals surface area (Å²) in [6.07, 6.45) is 46.7. The summed E-state index contributed by atoms with van der Waals surface area (Å²) in [6.45, 7) is 2.81. The first-order valence-electron chi connectivity index (χ1n) is 24.4. The summed E-state index contributed by atoms with van der Waals surface area (Å²) >= 11 is 0. The summed E-state index contributed by atoms with van der Waals surface area (Å²) in [7, 11) is -4.72. The largest absolute Gasteiger partial charge is 0.480 e. The van der Waals surface area contributed by atoms with E-state index in [-0.39, 0.29) is 19.4 Å². The molecule has 12 heteroatoms. The lowest BCUT2D eigenvalue weighted by Crippen LogP contribution is -2.34. The summed E-state index contributed by atoms with van der Waals surface area (Å²) in [6, 6.07) is -1.52. The fraction of sp³-hybridized carbons (Fsp3) is 0.854. The fourth-order valence-electron chi connectivity index (χ4n) is 6.82. The zero-order valence-electron chi connectivity index (χ0n) is 38.3. The van der Waals surface area contributed by atoms with Crippen molar-refractivity contribution in [1.82, 2.24) is 0 Å². The maximum atomic E-state index is 12.6. The van der Waals surface area contributed by atoms with Crippen LogP contribution >= 0.6 is 7.82 Å². The van der Waals surface area contributed by atoms with Crippen LogP contribution < -0.4 is 5.73 Å². The van der Waals surface area contributed by atoms with Gasteiger partial charge in [0, 0.05) is 12.8 Å². The SMILES string of the molecule is CCCCCCCC/C=C/CCCCCCCCCCCCCC(=O)OC[C@@H](COP(=O)(O)OC[C@H](N)C(=O)O)OC(=O)CCCC/C=C/CCCCCCCCCCC. The third-order valence-corrected chi connectivity index (χ3v) is 11.6. The third kappa shape index (κ3) is 42.6. The zero-order chi connectivity index (χ0) is 44.2. The number of carbonyl (C=O) groups excluding carboxylic acids is 2. The number of carboxylic acids is 1. The summed E-state index contributed by atoms with van der Waals surface area (Å²) in [5.74, 6) is -2.40. The van der Waals surface area contributed by atoms with E-state index in [1.54, 1.807) is 0 Å². The second-order valence-electron chi connectivity index (χ2n) is 16.6. The van der Waals surface area contributed by atoms with E-state index >= 15 is 0 Å². The Morgan fingerprint density at radius 3 is 1.25 bits per heavy atom. The number of aliphatic carboxylic acids is 1. The van der Waals surface area contributed by atoms with Gasteiger partial charge in [-0.15, -0.1) is 0 Å². The Morgan fingerprint density at radius 2 is 0.833 bits per heavy atom. The van der Waals surface area contributed by atoms with Crippen molar-refractivity contribution in [1.29, 1.82) is 0 Å². The number of carbonyl (C=O) groups is 3. The molecule has 60 heavy (non-hydrogen) atoms. The van der Waals surface area contributed by atoms with Crippen molar-refractivity contribution in [3.8, 4) is 0 Å². The number of carboxylic acid groups (broad SMARTS) is 1. The highest BCUT2D eigenvalue weighted by Crippen LogP contribution is 2.43. The fourth-order valence-corrected chi connectivity index (χ4v) is 7.60. The minimum atomic E-state index is -4.72. The van der Waals surface area contributed by atoms with Crippen LogP contribution in [0.15, 0.2) is 24.3 Å². The molecular formula is C48H90NO10P. The molecule has 0 saturated heterocycles. The number of hydrogen-bond acceptors (Lipinski definition) is 9. The van der Waals surface area contributed by atoms with E-state index in [2.05, 4.69) is 42.7 Å². The van der Waals surface area contributed by atoms with Gasteiger partial charge in [0.15, 0.2) is 6.10 Å². The van der Waals surface area contributed by atoms with Crippen LogP contribution in [0.1, 0.15) is 232 Å². The standard InChI is InChI=1S/C48H90NO10P/c1-3-5-7-9-11-13-15-17-19-20-21-22-23-24-26-27-29-31-33-35-37-39-46(50)56-41-44(42-57-60(54,55)58-43-45(49)48(52)53)59-47(51)40-38-36-34-32-30-28-25-18-16-14-12-10-8-6-4-2/h17,19,30,32,44-45H,3-16,18,20-29,31,33-43,49H2,1-2H3,(H,52,53)(H,54,55)/b19-17+,32-30+/t44-,45-/m0/s1. The molecule has 3 atom stereocenters. The predicted octanol–water partition coefficient (Wildman–Crippen LogP) is 13.4. The van der Waals surface area contributed by atoms with Gasteiger partial charge in [0.05, 0.1) is 13.2 Å². The first-order valence-corrected chi connectivity index (χ1v) is 25.9. The zero-order valence-corrected chi connectivity index (χ0v) is 39.2. The molecule has 11 nitrogen and oxygen atoms in total. The number of phosphoric acid groups is 1. The summed E-state index contributed by atoms with van der Waals surface area (Å²) < 4.78 is 32.8. The molecule has 0 aromatic rings. The summed E-state index contributed by atoms with van der Waals surface area (Å²) in [5, 5.41) is 8.90. The summed E-state index contributed by atoms with van der Waals surface area (Å²) in [4.78, 5) is 46.1. The minimum Gasteiger partial charge on any atom is -0.480 e. The van der Waals surface area contributed by atoms with Gasteiger partial charge in [-0.2, -0.15) is 0 Å². The third-order valence-electron chi connectivity index (χ3n) is 10.7. The topological polar surface area (TPSA) is 172 Å². The lowest BCUT2D eigenvalue weighted by atomic mass is 10.0. The molecule has 0 fully saturated rings. The Balaban J connectivity index is 4.26. The van der Waals surface area contributed by atoms with Gasteiger partial charge in [0.25, 0.3) is 0 Å². The van der Waals surface area contributed by atoms with Crippen molar-refractivity contribution in [3.63, 3.8) is 0 Å². The second kappa shape index (κ2) is 43.6. The minimum absolute atomic E-state index is 0.133. The molecule has 0 aromatic heterocycles. The average Bonchev–Trinajstić information content (AvgIpc) is 3.22. The first-order chi connectivity index (χ1) is 29.1. The maximum absolute atomic E-state index is 12.6. The predicted molar refractivity (Wildman–Crippen MR) is 245 cm³/mol. The summed E-state index contributed by atoms with van der Waals surface area (Å²) in [5.41, 5.74) is 5.34. The van der Waals surface area contributed by atoms with E-state index in [1.807, 2.05) is 0 Å². The molecule has 0 bridgehead atoms. The van der Waals surface area contributed by atoms with Crippen LogP contribution in [-0.4, -0.2) is 59.9 Å². The number of ether oxygens (including phenoxy) is 2. The molecule has 0 saturated carbocycles. The van der Waals surface area contributed by atoms with Gasteiger partial charge in [0.2, 0.25) is 0 Å². The molecule has 0 aliphatic rings. The molecule has 0 rings (SSSR count). The van der Waals surface area contributed by atoms with Gasteiger partial charge in [0.1, 0.15) is 12.6 Å². The van der Waals surface area contributed by atoms with Gasteiger partial charge in [-0.3, -0.25) is 23.4 Å². The lowest BCUT2D eigenvalue weighted by Gasteiger charge is -2.20. The highest BCUT2D eigenvalue weighted by Gasteiger charge is 2.28. The Morgan fingerprint density at radius 1 is 0.500 bits per heavy atom. The number of rotatable bonds is 46. The van der Waals surface area contributed by atoms with Crippen LogP contribution in [0.25, 0.3) is 0 Å². The van der Waals surface area contributed by atoms with E-state index in [0.29, 0.717) is 12.8 Å². The number of hydrogen-bond donors (Lipinski definition) is 3. The highest BCUT2D eigenvalue weighted by molar-refractivity contribution is 7.47. The molecular weight excluding hydrogens is 781 g/mol. The molecule has 0 radical (unpaired) electrons. The number of phosphoric ester groups is 1. The van der Waals surface area contributed by atoms with E-state index < -0.39 is 51.1 Å². The molecule has 0 heterocycles. The Bertz CT molecular complexity index is 1120. The van der Waals surface area contributed by atoms with Crippen molar-refractivity contribution in [3.05, 3.63) is 24.3 Å². The van der Waals surface area contributed by atoms with Crippen molar-refractivity contribution in [2.75, 3.05) is 19.8 Å². The number of allylic oxidation sites excluding steroid dienone is 4. The highest BCUT2D eigenvalue weighted by atomic mass is 31.2. The van der Waals surface area contributed by atoms with Crippen LogP contribution in [0.3, 0.4) is 0 Å². The number of esters is 2. The van der Waals surface area contributed by atoms with Crippen LogP contribution in [0, 0.1) is 0 Å². The Kier molecular flexibility index (Phi) is 42.1. The Labute approximate surface area is 366 Å². The van der Waals surface area contributed by atoms with Crippen molar-refractivity contribution in [2.45, 2.75) is 244 Å². The normalized spacial score (nSPS) is 13.8. The van der Waals surface area contributed by atoms with E-state index in [9.17, 15) is 23.8 Å². The van der Waals surface area contributed by atoms with Crippen molar-refractivity contribution >= 4 is 25.7 Å². The number of unbranched alkanes of at least 4 members (excludes halogenated alkanes) is 28. The van der Waals surface area contributed by atoms with Crippen LogP contribution in [0.4, 0.5) is 0 Å². The molecule has 0 aliphatic carbocycles. The maximum Gasteiger partial charge on any atom is 0.472 e. The van der Waals surface area contributed by atoms with Crippen molar-refractivity contribution in [2.24, 2.45) is 5.73 Å². The Hall–Kier alpha value is -2.04.